The molecule has 1 heterocycles. The van der Waals surface area contributed by atoms with Gasteiger partial charge in [-0.25, -0.2) is 0 Å². The molecule has 3 amide bonds. The normalized spacial score (nSPS) is 12.9. The van der Waals surface area contributed by atoms with E-state index in [-0.39, 0.29) is 24.1 Å². The molecule has 0 unspecified atom stereocenters. The van der Waals surface area contributed by atoms with Crippen molar-refractivity contribution in [1.82, 2.24) is 0 Å². The van der Waals surface area contributed by atoms with Crippen LogP contribution < -0.4 is 20.9 Å². The summed E-state index contributed by atoms with van der Waals surface area (Å²) in [7, 11) is 0. The number of hydrogen-bond acceptors (Lipinski definition) is 4. The number of nitrogens with zero attached hydrogens (tertiary/aromatic N) is 2. The minimum Gasteiger partial charge on any atom is -0.330 e. The molecule has 7 heteroatoms. The van der Waals surface area contributed by atoms with Crippen molar-refractivity contribution in [1.29, 1.82) is 0 Å². The van der Waals surface area contributed by atoms with E-state index < -0.39 is 0 Å². The molecule has 43 heavy (non-hydrogen) atoms. The lowest BCUT2D eigenvalue weighted by molar-refractivity contribution is -0.118. The molecule has 0 atom stereocenters. The van der Waals surface area contributed by atoms with Crippen LogP contribution in [-0.2, 0) is 4.79 Å². The molecular formula is C36H38N4O3. The summed E-state index contributed by atoms with van der Waals surface area (Å²) in [6.45, 7) is 3.62. The SMILES string of the molecule is Cc1ccc(-c2ccccc2C(=O)Nc2ccc(C(=O)N3CCC(=O)N(CCCCCCN)c4ccccc43)cc2)cc1. The van der Waals surface area contributed by atoms with E-state index in [0.717, 1.165) is 53.7 Å². The van der Waals surface area contributed by atoms with Gasteiger partial charge in [0.2, 0.25) is 5.91 Å². The summed E-state index contributed by atoms with van der Waals surface area (Å²) in [6.07, 6.45) is 4.16. The van der Waals surface area contributed by atoms with Gasteiger partial charge >= 0.3 is 0 Å². The molecule has 7 nitrogen and oxygen atoms in total. The van der Waals surface area contributed by atoms with Crippen molar-refractivity contribution in [2.75, 3.05) is 34.8 Å². The Morgan fingerprint density at radius 1 is 0.791 bits per heavy atom. The van der Waals surface area contributed by atoms with Crippen LogP contribution in [0.1, 0.15) is 58.4 Å². The van der Waals surface area contributed by atoms with Crippen LogP contribution in [0.4, 0.5) is 17.1 Å². The molecule has 4 aromatic carbocycles. The van der Waals surface area contributed by atoms with Gasteiger partial charge in [-0.15, -0.1) is 0 Å². The Balaban J connectivity index is 1.30. The van der Waals surface area contributed by atoms with Gasteiger partial charge in [0.15, 0.2) is 0 Å². The Bertz CT molecular complexity index is 1580. The summed E-state index contributed by atoms with van der Waals surface area (Å²) in [5, 5.41) is 2.97. The van der Waals surface area contributed by atoms with E-state index in [0.29, 0.717) is 36.4 Å². The van der Waals surface area contributed by atoms with Gasteiger partial charge in [0.1, 0.15) is 0 Å². The van der Waals surface area contributed by atoms with E-state index in [9.17, 15) is 14.4 Å². The highest BCUT2D eigenvalue weighted by Crippen LogP contribution is 2.34. The topological polar surface area (TPSA) is 95.7 Å². The fourth-order valence-electron chi connectivity index (χ4n) is 5.46. The molecule has 1 aliphatic rings. The Hall–Kier alpha value is -4.75. The second-order valence-corrected chi connectivity index (χ2v) is 10.9. The van der Waals surface area contributed by atoms with E-state index >= 15 is 0 Å². The van der Waals surface area contributed by atoms with Crippen LogP contribution in [0, 0.1) is 6.92 Å². The number of aryl methyl sites for hydroxylation is 1. The molecule has 1 aliphatic heterocycles. The van der Waals surface area contributed by atoms with Crippen LogP contribution in [0.5, 0.6) is 0 Å². The highest BCUT2D eigenvalue weighted by Gasteiger charge is 2.29. The molecule has 0 fully saturated rings. The van der Waals surface area contributed by atoms with Crippen LogP contribution in [0.25, 0.3) is 11.1 Å². The number of nitrogens with one attached hydrogen (secondary N) is 1. The summed E-state index contributed by atoms with van der Waals surface area (Å²) in [6, 6.07) is 30.1. The zero-order chi connectivity index (χ0) is 30.2. The number of benzene rings is 4. The molecule has 0 aliphatic carbocycles. The van der Waals surface area contributed by atoms with Gasteiger partial charge in [0.25, 0.3) is 11.8 Å². The maximum absolute atomic E-state index is 13.7. The van der Waals surface area contributed by atoms with E-state index in [2.05, 4.69) is 5.32 Å². The molecule has 0 aromatic heterocycles. The van der Waals surface area contributed by atoms with Gasteiger partial charge in [-0.1, -0.05) is 73.0 Å². The molecule has 5 rings (SSSR count). The first-order valence-corrected chi connectivity index (χ1v) is 14.9. The smallest absolute Gasteiger partial charge is 0.258 e. The summed E-state index contributed by atoms with van der Waals surface area (Å²) in [4.78, 5) is 43.6. The lowest BCUT2D eigenvalue weighted by Gasteiger charge is -2.25. The highest BCUT2D eigenvalue weighted by molar-refractivity contribution is 6.12. The molecule has 4 aromatic rings. The lowest BCUT2D eigenvalue weighted by atomic mass is 9.98. The molecule has 0 saturated carbocycles. The third-order valence-electron chi connectivity index (χ3n) is 7.82. The van der Waals surface area contributed by atoms with Gasteiger partial charge < -0.3 is 20.9 Å². The van der Waals surface area contributed by atoms with Crippen molar-refractivity contribution >= 4 is 34.8 Å². The minimum absolute atomic E-state index is 0.0190. The average Bonchev–Trinajstić information content (AvgIpc) is 3.17. The number of anilines is 3. The quantitative estimate of drug-likeness (QED) is 0.203. The van der Waals surface area contributed by atoms with Crippen molar-refractivity contribution in [3.05, 3.63) is 114 Å². The Labute approximate surface area is 253 Å². The van der Waals surface area contributed by atoms with E-state index in [4.69, 9.17) is 5.73 Å². The first-order valence-electron chi connectivity index (χ1n) is 14.9. The summed E-state index contributed by atoms with van der Waals surface area (Å²) >= 11 is 0. The Morgan fingerprint density at radius 3 is 2.21 bits per heavy atom. The lowest BCUT2D eigenvalue weighted by Crippen LogP contribution is -2.32. The number of unbranched alkanes of at least 4 members (excludes halogenated alkanes) is 3. The maximum Gasteiger partial charge on any atom is 0.258 e. The summed E-state index contributed by atoms with van der Waals surface area (Å²) in [5.74, 6) is -0.392. The van der Waals surface area contributed by atoms with Gasteiger partial charge in [-0.05, 0) is 79.9 Å². The van der Waals surface area contributed by atoms with Crippen molar-refractivity contribution in [3.63, 3.8) is 0 Å². The van der Waals surface area contributed by atoms with Crippen LogP contribution in [0.3, 0.4) is 0 Å². The Kier molecular flexibility index (Phi) is 9.64. The number of fused-ring (bicyclic) bond motifs is 1. The van der Waals surface area contributed by atoms with Gasteiger partial charge in [-0.2, -0.15) is 0 Å². The van der Waals surface area contributed by atoms with Crippen LogP contribution >= 0.6 is 0 Å². The molecule has 220 valence electrons. The van der Waals surface area contributed by atoms with Crippen molar-refractivity contribution in [3.8, 4) is 11.1 Å². The van der Waals surface area contributed by atoms with Gasteiger partial charge in [-0.3, -0.25) is 14.4 Å². The zero-order valence-corrected chi connectivity index (χ0v) is 24.6. The number of hydrogen-bond donors (Lipinski definition) is 2. The summed E-state index contributed by atoms with van der Waals surface area (Å²) in [5.41, 5.74) is 11.7. The van der Waals surface area contributed by atoms with E-state index in [1.807, 2.05) is 84.6 Å². The van der Waals surface area contributed by atoms with Crippen molar-refractivity contribution in [2.45, 2.75) is 39.0 Å². The van der Waals surface area contributed by atoms with Gasteiger partial charge in [0.05, 0.1) is 11.4 Å². The summed E-state index contributed by atoms with van der Waals surface area (Å²) < 4.78 is 0. The predicted octanol–water partition coefficient (Wildman–Crippen LogP) is 6.82. The van der Waals surface area contributed by atoms with E-state index in [1.54, 1.807) is 29.2 Å². The zero-order valence-electron chi connectivity index (χ0n) is 24.6. The predicted molar refractivity (Wildman–Crippen MR) is 174 cm³/mol. The fourth-order valence-corrected chi connectivity index (χ4v) is 5.46. The number of nitrogens with two attached hydrogens (primary N) is 1. The molecule has 0 saturated heterocycles. The Morgan fingerprint density at radius 2 is 1.47 bits per heavy atom. The number of carbonyl (C=O) groups excluding carboxylic acids is 3. The monoisotopic (exact) mass is 574 g/mol. The van der Waals surface area contributed by atoms with Crippen LogP contribution in [0.15, 0.2) is 97.1 Å². The molecule has 0 radical (unpaired) electrons. The minimum atomic E-state index is -0.224. The molecule has 0 bridgehead atoms. The van der Waals surface area contributed by atoms with Crippen LogP contribution in [-0.4, -0.2) is 37.4 Å². The van der Waals surface area contributed by atoms with E-state index in [1.165, 1.54) is 0 Å². The standard InChI is InChI=1S/C36H38N4O3/c1-26-14-16-27(17-15-26)30-10-4-5-11-31(30)35(42)38-29-20-18-28(19-21-29)36(43)40-25-22-34(41)39(24-9-3-2-8-23-37)32-12-6-7-13-33(32)40/h4-7,10-21H,2-3,8-9,22-25,37H2,1H3,(H,38,42). The van der Waals surface area contributed by atoms with Gasteiger partial charge in [0, 0.05) is 36.3 Å². The van der Waals surface area contributed by atoms with Crippen molar-refractivity contribution in [2.24, 2.45) is 5.73 Å². The number of carbonyl (C=O) groups is 3. The maximum atomic E-state index is 13.7. The fraction of sp³-hybridized carbons (Fsp3) is 0.250. The third kappa shape index (κ3) is 7.01. The average molecular weight is 575 g/mol. The third-order valence-corrected chi connectivity index (χ3v) is 7.82. The first kappa shape index (κ1) is 29.7. The molecule has 3 N–H and O–H groups in total. The molecular weight excluding hydrogens is 536 g/mol. The number of para-hydroxylation sites is 2. The largest absolute Gasteiger partial charge is 0.330 e. The number of amides is 3. The second kappa shape index (κ2) is 13.9. The molecule has 0 spiro atoms. The second-order valence-electron chi connectivity index (χ2n) is 10.9. The highest BCUT2D eigenvalue weighted by atomic mass is 16.2. The number of rotatable bonds is 10. The first-order chi connectivity index (χ1) is 21.0. The van der Waals surface area contributed by atoms with Crippen LogP contribution in [0.2, 0.25) is 0 Å². The van der Waals surface area contributed by atoms with Crippen molar-refractivity contribution < 1.29 is 14.4 Å².